The highest BCUT2D eigenvalue weighted by molar-refractivity contribution is 5.87. The molecule has 1 aromatic carbocycles. The molecule has 2 aromatic rings. The maximum Gasteiger partial charge on any atom is 0.153 e. The number of aromatic nitrogens is 2. The molecule has 3 heteroatoms. The van der Waals surface area contributed by atoms with Gasteiger partial charge >= 0.3 is 0 Å². The van der Waals surface area contributed by atoms with E-state index in [0.717, 1.165) is 34.3 Å². The third-order valence-electron chi connectivity index (χ3n) is 3.92. The molecule has 0 atom stereocenters. The van der Waals surface area contributed by atoms with E-state index in [9.17, 15) is 0 Å². The van der Waals surface area contributed by atoms with Crippen molar-refractivity contribution >= 4 is 17.0 Å². The van der Waals surface area contributed by atoms with Gasteiger partial charge in [-0.05, 0) is 31.1 Å². The number of rotatable bonds is 5. The number of nitrogens with zero attached hydrogens (tertiary/aromatic N) is 2. The Balaban J connectivity index is 0.000000828. The van der Waals surface area contributed by atoms with Crippen LogP contribution in [-0.4, -0.2) is 17.1 Å². The van der Waals surface area contributed by atoms with Gasteiger partial charge in [-0.15, -0.1) is 6.58 Å². The van der Waals surface area contributed by atoms with Crippen LogP contribution in [0.25, 0.3) is 17.0 Å². The van der Waals surface area contributed by atoms with E-state index in [-0.39, 0.29) is 5.41 Å². The highest BCUT2D eigenvalue weighted by Gasteiger charge is 2.21. The van der Waals surface area contributed by atoms with Gasteiger partial charge in [-0.1, -0.05) is 70.7 Å². The largest absolute Gasteiger partial charge is 0.494 e. The minimum atomic E-state index is -0.0853. The van der Waals surface area contributed by atoms with Crippen molar-refractivity contribution in [2.45, 2.75) is 46.5 Å². The van der Waals surface area contributed by atoms with Crippen LogP contribution in [0.3, 0.4) is 0 Å². The van der Waals surface area contributed by atoms with Crippen molar-refractivity contribution in [1.82, 2.24) is 9.97 Å². The molecule has 2 rings (SSSR count). The smallest absolute Gasteiger partial charge is 0.153 e. The Labute approximate surface area is 164 Å². The fraction of sp³-hybridized carbons (Fsp3) is 0.333. The first kappa shape index (κ1) is 22.4. The first-order chi connectivity index (χ1) is 12.8. The Kier molecular flexibility index (Phi) is 8.67. The van der Waals surface area contributed by atoms with Crippen molar-refractivity contribution in [1.29, 1.82) is 0 Å². The van der Waals surface area contributed by atoms with Crippen molar-refractivity contribution < 1.29 is 4.74 Å². The van der Waals surface area contributed by atoms with E-state index in [0.29, 0.717) is 5.82 Å². The van der Waals surface area contributed by atoms with Gasteiger partial charge in [0.1, 0.15) is 11.3 Å². The summed E-state index contributed by atoms with van der Waals surface area (Å²) in [7, 11) is 1.67. The Morgan fingerprint density at radius 1 is 1.19 bits per heavy atom. The fourth-order valence-electron chi connectivity index (χ4n) is 2.41. The lowest BCUT2D eigenvalue weighted by molar-refractivity contribution is 0.418. The van der Waals surface area contributed by atoms with Crippen LogP contribution in [0.5, 0.6) is 5.75 Å². The summed E-state index contributed by atoms with van der Waals surface area (Å²) >= 11 is 0. The van der Waals surface area contributed by atoms with Gasteiger partial charge in [-0.2, -0.15) is 0 Å². The highest BCUT2D eigenvalue weighted by Crippen LogP contribution is 2.32. The number of hydrogen-bond donors (Lipinski definition) is 0. The summed E-state index contributed by atoms with van der Waals surface area (Å²) in [6.07, 6.45) is 10.6. The third-order valence-corrected chi connectivity index (χ3v) is 3.92. The van der Waals surface area contributed by atoms with Crippen LogP contribution in [0.1, 0.15) is 52.6 Å². The van der Waals surface area contributed by atoms with E-state index in [1.807, 2.05) is 55.5 Å². The predicted octanol–water partition coefficient (Wildman–Crippen LogP) is 6.66. The van der Waals surface area contributed by atoms with Gasteiger partial charge in [-0.3, -0.25) is 0 Å². The molecule has 0 spiro atoms. The lowest BCUT2D eigenvalue weighted by Gasteiger charge is -2.20. The van der Waals surface area contributed by atoms with Crippen LogP contribution >= 0.6 is 0 Å². The number of hydrogen-bond acceptors (Lipinski definition) is 3. The van der Waals surface area contributed by atoms with E-state index >= 15 is 0 Å². The molecule has 0 saturated carbocycles. The molecule has 0 aliphatic rings. The summed E-state index contributed by atoms with van der Waals surface area (Å²) in [5.41, 5.74) is 2.81. The second-order valence-electron chi connectivity index (χ2n) is 7.06. The molecule has 0 bridgehead atoms. The van der Waals surface area contributed by atoms with Gasteiger partial charge < -0.3 is 4.74 Å². The Morgan fingerprint density at radius 3 is 2.33 bits per heavy atom. The molecule has 0 radical (unpaired) electrons. The molecule has 0 unspecified atom stereocenters. The van der Waals surface area contributed by atoms with Gasteiger partial charge in [0.25, 0.3) is 0 Å². The average molecular weight is 365 g/mol. The summed E-state index contributed by atoms with van der Waals surface area (Å²) in [5, 5.41) is 1.03. The predicted molar refractivity (Wildman–Crippen MR) is 118 cm³/mol. The number of benzene rings is 1. The molecule has 144 valence electrons. The van der Waals surface area contributed by atoms with Gasteiger partial charge in [-0.25, -0.2) is 9.97 Å². The number of methoxy groups -OCH3 is 1. The Bertz CT molecular complexity index is 839. The van der Waals surface area contributed by atoms with Crippen LogP contribution in [0.4, 0.5) is 0 Å². The third kappa shape index (κ3) is 6.21. The zero-order valence-electron chi connectivity index (χ0n) is 17.5. The van der Waals surface area contributed by atoms with E-state index in [1.165, 1.54) is 0 Å². The number of ether oxygens (including phenoxy) is 1. The second kappa shape index (κ2) is 10.5. The summed E-state index contributed by atoms with van der Waals surface area (Å²) in [6.45, 7) is 17.8. The van der Waals surface area contributed by atoms with Crippen molar-refractivity contribution in [3.8, 4) is 5.75 Å². The molecule has 0 fully saturated rings. The normalized spacial score (nSPS) is 11.9. The first-order valence-corrected chi connectivity index (χ1v) is 9.25. The molecule has 0 amide bonds. The van der Waals surface area contributed by atoms with Crippen molar-refractivity contribution in [3.05, 3.63) is 72.8 Å². The summed E-state index contributed by atoms with van der Waals surface area (Å²) in [6, 6.07) is 5.95. The Hall–Kier alpha value is -2.68. The Morgan fingerprint density at radius 2 is 1.85 bits per heavy atom. The molecule has 3 nitrogen and oxygen atoms in total. The standard InChI is InChI=1S/C20H24N2O.C4H8/c1-7-14(8-2)12-13-17-21-18-15(10-9-11-16(18)23-6)19(22-17)20(3,4)5;1-3-4-2/h7-13H,1H2,2-6H3;3H,1,4H2,2H3/b13-12+,14-8+;. The van der Waals surface area contributed by atoms with E-state index in [1.54, 1.807) is 7.11 Å². The highest BCUT2D eigenvalue weighted by atomic mass is 16.5. The average Bonchev–Trinajstić information content (AvgIpc) is 2.67. The molecular weight excluding hydrogens is 332 g/mol. The van der Waals surface area contributed by atoms with E-state index in [2.05, 4.69) is 45.8 Å². The summed E-state index contributed by atoms with van der Waals surface area (Å²) in [4.78, 5) is 9.45. The fourth-order valence-corrected chi connectivity index (χ4v) is 2.41. The SMILES string of the molecule is C=CC(/C=C/c1nc(C(C)(C)C)c2cccc(OC)c2n1)=C\C.C=CCC. The minimum Gasteiger partial charge on any atom is -0.494 e. The maximum atomic E-state index is 5.48. The van der Waals surface area contributed by atoms with Gasteiger partial charge in [0.05, 0.1) is 12.8 Å². The molecule has 1 heterocycles. The quantitative estimate of drug-likeness (QED) is 0.439. The monoisotopic (exact) mass is 364 g/mol. The molecule has 27 heavy (non-hydrogen) atoms. The number of para-hydroxylation sites is 1. The van der Waals surface area contributed by atoms with Crippen molar-refractivity contribution in [3.63, 3.8) is 0 Å². The molecule has 0 N–H and O–H groups in total. The van der Waals surface area contributed by atoms with Crippen LogP contribution < -0.4 is 4.74 Å². The van der Waals surface area contributed by atoms with Crippen LogP contribution in [0.2, 0.25) is 0 Å². The molecular formula is C24H32N2O. The first-order valence-electron chi connectivity index (χ1n) is 9.25. The van der Waals surface area contributed by atoms with Crippen LogP contribution in [-0.2, 0) is 5.41 Å². The molecule has 0 aliphatic carbocycles. The second-order valence-corrected chi connectivity index (χ2v) is 7.06. The van der Waals surface area contributed by atoms with Gasteiger partial charge in [0, 0.05) is 10.8 Å². The van der Waals surface area contributed by atoms with Gasteiger partial charge in [0.15, 0.2) is 5.82 Å². The lowest BCUT2D eigenvalue weighted by atomic mass is 9.89. The van der Waals surface area contributed by atoms with Crippen molar-refractivity contribution in [2.24, 2.45) is 0 Å². The topological polar surface area (TPSA) is 35.0 Å². The van der Waals surface area contributed by atoms with Crippen LogP contribution in [0.15, 0.2) is 61.2 Å². The summed E-state index contributed by atoms with van der Waals surface area (Å²) in [5.74, 6) is 1.44. The lowest BCUT2D eigenvalue weighted by Crippen LogP contribution is -2.15. The van der Waals surface area contributed by atoms with Gasteiger partial charge in [0.2, 0.25) is 0 Å². The molecule has 0 saturated heterocycles. The molecule has 0 aliphatic heterocycles. The zero-order valence-corrected chi connectivity index (χ0v) is 17.5. The van der Waals surface area contributed by atoms with E-state index in [4.69, 9.17) is 9.72 Å². The number of allylic oxidation sites excluding steroid dienone is 5. The maximum absolute atomic E-state index is 5.48. The number of fused-ring (bicyclic) bond motifs is 1. The van der Waals surface area contributed by atoms with Crippen LogP contribution in [0, 0.1) is 0 Å². The zero-order chi connectivity index (χ0) is 20.4. The summed E-state index contributed by atoms with van der Waals surface area (Å²) < 4.78 is 5.48. The van der Waals surface area contributed by atoms with Crippen molar-refractivity contribution in [2.75, 3.05) is 7.11 Å². The van der Waals surface area contributed by atoms with E-state index < -0.39 is 0 Å². The minimum absolute atomic E-state index is 0.0853. The molecule has 1 aromatic heterocycles.